The summed E-state index contributed by atoms with van der Waals surface area (Å²) < 4.78 is 10.8. The SMILES string of the molecule is O=C([O-])C1CCCCC1C(=O)N1CCN(Cc2ccc3c(c2)OCO3)CC1. The summed E-state index contributed by atoms with van der Waals surface area (Å²) in [6.45, 7) is 3.91. The molecule has 7 heteroatoms. The second kappa shape index (κ2) is 7.76. The van der Waals surface area contributed by atoms with Gasteiger partial charge < -0.3 is 24.3 Å². The van der Waals surface area contributed by atoms with Crippen LogP contribution in [0.3, 0.4) is 0 Å². The Kier molecular flexibility index (Phi) is 5.20. The van der Waals surface area contributed by atoms with Crippen LogP contribution in [0.25, 0.3) is 0 Å². The molecule has 0 N–H and O–H groups in total. The first-order valence-corrected chi connectivity index (χ1v) is 9.72. The van der Waals surface area contributed by atoms with Gasteiger partial charge >= 0.3 is 0 Å². The van der Waals surface area contributed by atoms with Gasteiger partial charge in [0.25, 0.3) is 0 Å². The van der Waals surface area contributed by atoms with Crippen molar-refractivity contribution in [2.75, 3.05) is 33.0 Å². The molecule has 2 fully saturated rings. The van der Waals surface area contributed by atoms with Crippen LogP contribution in [0.2, 0.25) is 0 Å². The van der Waals surface area contributed by atoms with E-state index in [9.17, 15) is 14.7 Å². The molecular weight excluding hydrogens is 348 g/mol. The number of nitrogens with zero attached hydrogens (tertiary/aromatic N) is 2. The Morgan fingerprint density at radius 1 is 1.00 bits per heavy atom. The maximum atomic E-state index is 12.8. The van der Waals surface area contributed by atoms with E-state index in [2.05, 4.69) is 4.90 Å². The number of carboxylic acid groups (broad SMARTS) is 1. The van der Waals surface area contributed by atoms with Gasteiger partial charge in [-0.05, 0) is 30.5 Å². The summed E-state index contributed by atoms with van der Waals surface area (Å²) in [5.41, 5.74) is 1.16. The van der Waals surface area contributed by atoms with Crippen molar-refractivity contribution in [1.82, 2.24) is 9.80 Å². The van der Waals surface area contributed by atoms with E-state index in [0.29, 0.717) is 25.9 Å². The summed E-state index contributed by atoms with van der Waals surface area (Å²) in [6, 6.07) is 5.98. The molecule has 2 heterocycles. The summed E-state index contributed by atoms with van der Waals surface area (Å²) in [7, 11) is 0. The standard InChI is InChI=1S/C20H26N2O5/c23-19(15-3-1-2-4-16(15)20(24)25)22-9-7-21(8-10-22)12-14-5-6-17-18(11-14)27-13-26-17/h5-6,11,15-16H,1-4,7-10,12-13H2,(H,24,25)/p-1. The zero-order valence-electron chi connectivity index (χ0n) is 15.4. The van der Waals surface area contributed by atoms with E-state index in [0.717, 1.165) is 49.5 Å². The predicted octanol–water partition coefficient (Wildman–Crippen LogP) is 0.616. The van der Waals surface area contributed by atoms with Crippen molar-refractivity contribution in [2.45, 2.75) is 32.2 Å². The van der Waals surface area contributed by atoms with Gasteiger partial charge in [0.1, 0.15) is 0 Å². The van der Waals surface area contributed by atoms with Crippen LogP contribution in [0.1, 0.15) is 31.2 Å². The number of hydrogen-bond acceptors (Lipinski definition) is 6. The molecule has 2 aliphatic heterocycles. The number of piperazine rings is 1. The van der Waals surface area contributed by atoms with Crippen molar-refractivity contribution in [3.05, 3.63) is 23.8 Å². The number of carbonyl (C=O) groups excluding carboxylic acids is 2. The van der Waals surface area contributed by atoms with Crippen LogP contribution in [0.5, 0.6) is 11.5 Å². The molecule has 0 aromatic heterocycles. The second-order valence-electron chi connectivity index (χ2n) is 7.61. The summed E-state index contributed by atoms with van der Waals surface area (Å²) in [6.07, 6.45) is 3.01. The number of carboxylic acids is 1. The normalized spacial score (nSPS) is 25.4. The lowest BCUT2D eigenvalue weighted by Crippen LogP contribution is -2.52. The van der Waals surface area contributed by atoms with Gasteiger partial charge in [-0.15, -0.1) is 0 Å². The first-order chi connectivity index (χ1) is 13.1. The number of ether oxygens (including phenoxy) is 2. The number of rotatable bonds is 4. The maximum Gasteiger partial charge on any atom is 0.231 e. The van der Waals surface area contributed by atoms with Gasteiger partial charge in [-0.2, -0.15) is 0 Å². The van der Waals surface area contributed by atoms with Crippen LogP contribution in [-0.2, 0) is 16.1 Å². The fraction of sp³-hybridized carbons (Fsp3) is 0.600. The molecule has 1 aromatic carbocycles. The van der Waals surface area contributed by atoms with Gasteiger partial charge in [-0.25, -0.2) is 0 Å². The highest BCUT2D eigenvalue weighted by molar-refractivity contribution is 5.84. The van der Waals surface area contributed by atoms with Crippen LogP contribution in [0.4, 0.5) is 0 Å². The van der Waals surface area contributed by atoms with E-state index in [-0.39, 0.29) is 12.7 Å². The highest BCUT2D eigenvalue weighted by Crippen LogP contribution is 2.33. The minimum absolute atomic E-state index is 0.00775. The first kappa shape index (κ1) is 18.1. The highest BCUT2D eigenvalue weighted by atomic mass is 16.7. The molecule has 27 heavy (non-hydrogen) atoms. The summed E-state index contributed by atoms with van der Waals surface area (Å²) >= 11 is 0. The van der Waals surface area contributed by atoms with Crippen molar-refractivity contribution in [1.29, 1.82) is 0 Å². The van der Waals surface area contributed by atoms with Crippen LogP contribution < -0.4 is 14.6 Å². The van der Waals surface area contributed by atoms with E-state index >= 15 is 0 Å². The molecule has 1 saturated heterocycles. The van der Waals surface area contributed by atoms with Crippen LogP contribution in [0.15, 0.2) is 18.2 Å². The highest BCUT2D eigenvalue weighted by Gasteiger charge is 2.35. The fourth-order valence-corrected chi connectivity index (χ4v) is 4.37. The Balaban J connectivity index is 1.32. The number of aliphatic carboxylic acids is 1. The molecule has 4 rings (SSSR count). The molecule has 1 aliphatic carbocycles. The quantitative estimate of drug-likeness (QED) is 0.769. The Morgan fingerprint density at radius 3 is 2.44 bits per heavy atom. The third-order valence-electron chi connectivity index (χ3n) is 5.91. The lowest BCUT2D eigenvalue weighted by molar-refractivity contribution is -0.314. The van der Waals surface area contributed by atoms with Crippen LogP contribution >= 0.6 is 0 Å². The van der Waals surface area contributed by atoms with Crippen molar-refractivity contribution in [2.24, 2.45) is 11.8 Å². The molecule has 2 atom stereocenters. The predicted molar refractivity (Wildman–Crippen MR) is 94.9 cm³/mol. The Morgan fingerprint density at radius 2 is 1.70 bits per heavy atom. The minimum Gasteiger partial charge on any atom is -0.550 e. The van der Waals surface area contributed by atoms with Gasteiger partial charge in [0.05, 0.1) is 0 Å². The van der Waals surface area contributed by atoms with E-state index in [1.54, 1.807) is 0 Å². The average Bonchev–Trinajstić information content (AvgIpc) is 3.16. The molecule has 3 aliphatic rings. The summed E-state index contributed by atoms with van der Waals surface area (Å²) in [5.74, 6) is -0.556. The van der Waals surface area contributed by atoms with Gasteiger partial charge in [-0.1, -0.05) is 18.9 Å². The molecule has 1 saturated carbocycles. The van der Waals surface area contributed by atoms with Crippen LogP contribution in [0, 0.1) is 11.8 Å². The molecule has 146 valence electrons. The smallest absolute Gasteiger partial charge is 0.231 e. The van der Waals surface area contributed by atoms with Crippen molar-refractivity contribution in [3.63, 3.8) is 0 Å². The molecular formula is C20H25N2O5-. The third kappa shape index (κ3) is 3.88. The first-order valence-electron chi connectivity index (χ1n) is 9.72. The van der Waals surface area contributed by atoms with E-state index in [1.807, 2.05) is 23.1 Å². The largest absolute Gasteiger partial charge is 0.550 e. The molecule has 0 spiro atoms. The van der Waals surface area contributed by atoms with Crippen molar-refractivity contribution in [3.8, 4) is 11.5 Å². The van der Waals surface area contributed by atoms with E-state index in [1.165, 1.54) is 0 Å². The van der Waals surface area contributed by atoms with Crippen LogP contribution in [-0.4, -0.2) is 54.6 Å². The van der Waals surface area contributed by atoms with Gasteiger partial charge in [0, 0.05) is 50.5 Å². The van der Waals surface area contributed by atoms with E-state index in [4.69, 9.17) is 9.47 Å². The number of carbonyl (C=O) groups is 2. The number of benzene rings is 1. The Hall–Kier alpha value is -2.28. The second-order valence-corrected chi connectivity index (χ2v) is 7.61. The number of hydrogen-bond donors (Lipinski definition) is 0. The summed E-state index contributed by atoms with van der Waals surface area (Å²) in [4.78, 5) is 28.4. The monoisotopic (exact) mass is 373 g/mol. The molecule has 1 aromatic rings. The average molecular weight is 373 g/mol. The van der Waals surface area contributed by atoms with Gasteiger partial charge in [0.2, 0.25) is 12.7 Å². The Bertz CT molecular complexity index is 714. The third-order valence-corrected chi connectivity index (χ3v) is 5.91. The van der Waals surface area contributed by atoms with Crippen molar-refractivity contribution >= 4 is 11.9 Å². The van der Waals surface area contributed by atoms with E-state index < -0.39 is 17.8 Å². The number of fused-ring (bicyclic) bond motifs is 1. The lowest BCUT2D eigenvalue weighted by atomic mass is 9.78. The summed E-state index contributed by atoms with van der Waals surface area (Å²) in [5, 5.41) is 11.4. The van der Waals surface area contributed by atoms with Gasteiger partial charge in [0.15, 0.2) is 11.5 Å². The molecule has 0 bridgehead atoms. The molecule has 0 radical (unpaired) electrons. The molecule has 1 amide bonds. The number of amides is 1. The minimum atomic E-state index is -1.07. The zero-order valence-corrected chi connectivity index (χ0v) is 15.4. The lowest BCUT2D eigenvalue weighted by Gasteiger charge is -2.39. The zero-order chi connectivity index (χ0) is 18.8. The molecule has 7 nitrogen and oxygen atoms in total. The van der Waals surface area contributed by atoms with Gasteiger partial charge in [-0.3, -0.25) is 9.69 Å². The topological polar surface area (TPSA) is 82.1 Å². The molecule has 2 unspecified atom stereocenters. The fourth-order valence-electron chi connectivity index (χ4n) is 4.37. The Labute approximate surface area is 158 Å². The van der Waals surface area contributed by atoms with Crippen molar-refractivity contribution < 1.29 is 24.2 Å². The maximum absolute atomic E-state index is 12.8.